The minimum atomic E-state index is -0.978. The van der Waals surface area contributed by atoms with Crippen LogP contribution in [0, 0.1) is 29.4 Å². The molecule has 5 aromatic rings. The summed E-state index contributed by atoms with van der Waals surface area (Å²) in [5, 5.41) is 0. The van der Waals surface area contributed by atoms with Crippen LogP contribution in [-0.4, -0.2) is 0 Å². The summed E-state index contributed by atoms with van der Waals surface area (Å²) in [7, 11) is 0. The van der Waals surface area contributed by atoms with Gasteiger partial charge in [-0.15, -0.1) is 6.42 Å². The summed E-state index contributed by atoms with van der Waals surface area (Å²) in [6, 6.07) is 35.2. The average Bonchev–Trinajstić information content (AvgIpc) is 3.09. The third-order valence-electron chi connectivity index (χ3n) is 10.7. The van der Waals surface area contributed by atoms with Crippen LogP contribution < -0.4 is 0 Å². The van der Waals surface area contributed by atoms with Gasteiger partial charge in [0, 0.05) is 11.3 Å². The molecular formula is C48H52F2. The second-order valence-corrected chi connectivity index (χ2v) is 15.3. The highest BCUT2D eigenvalue weighted by atomic mass is 19.1. The van der Waals surface area contributed by atoms with E-state index in [1.165, 1.54) is 63.2 Å². The fourth-order valence-electron chi connectivity index (χ4n) is 8.55. The van der Waals surface area contributed by atoms with E-state index in [0.717, 1.165) is 23.1 Å². The Hall–Kier alpha value is -4.48. The first-order chi connectivity index (χ1) is 23.8. The van der Waals surface area contributed by atoms with Crippen LogP contribution in [0.3, 0.4) is 0 Å². The maximum atomic E-state index is 14.8. The molecule has 0 saturated carbocycles. The van der Waals surface area contributed by atoms with Gasteiger partial charge in [-0.2, -0.15) is 0 Å². The zero-order valence-corrected chi connectivity index (χ0v) is 31.2. The minimum Gasteiger partial charge on any atom is -0.207 e. The lowest BCUT2D eigenvalue weighted by Gasteiger charge is -2.50. The van der Waals surface area contributed by atoms with Crippen molar-refractivity contribution in [1.29, 1.82) is 0 Å². The third kappa shape index (κ3) is 6.56. The predicted octanol–water partition coefficient (Wildman–Crippen LogP) is 13.1. The Labute approximate surface area is 300 Å². The van der Waals surface area contributed by atoms with E-state index >= 15 is 0 Å². The summed E-state index contributed by atoms with van der Waals surface area (Å²) in [4.78, 5) is 0. The molecule has 5 aromatic carbocycles. The molecule has 0 radical (unpaired) electrons. The van der Waals surface area contributed by atoms with Crippen molar-refractivity contribution in [2.45, 2.75) is 97.8 Å². The first kappa shape index (κ1) is 36.8. The molecule has 50 heavy (non-hydrogen) atoms. The molecule has 0 spiro atoms. The Morgan fingerprint density at radius 3 is 1.42 bits per heavy atom. The van der Waals surface area contributed by atoms with Crippen LogP contribution in [0.25, 0.3) is 0 Å². The Kier molecular flexibility index (Phi) is 10.9. The molecule has 0 aliphatic heterocycles. The van der Waals surface area contributed by atoms with Gasteiger partial charge in [-0.3, -0.25) is 0 Å². The predicted molar refractivity (Wildman–Crippen MR) is 207 cm³/mol. The molecule has 0 bridgehead atoms. The van der Waals surface area contributed by atoms with E-state index < -0.39 is 10.8 Å². The van der Waals surface area contributed by atoms with E-state index in [-0.39, 0.29) is 35.3 Å². The zero-order valence-electron chi connectivity index (χ0n) is 31.2. The van der Waals surface area contributed by atoms with Gasteiger partial charge in [0.25, 0.3) is 0 Å². The van der Waals surface area contributed by atoms with Crippen molar-refractivity contribution in [3.63, 3.8) is 0 Å². The van der Waals surface area contributed by atoms with Gasteiger partial charge < -0.3 is 0 Å². The Morgan fingerprint density at radius 1 is 0.560 bits per heavy atom. The van der Waals surface area contributed by atoms with Crippen LogP contribution in [0.4, 0.5) is 8.78 Å². The molecule has 1 atom stereocenters. The van der Waals surface area contributed by atoms with Crippen molar-refractivity contribution in [3.05, 3.63) is 176 Å². The summed E-state index contributed by atoms with van der Waals surface area (Å²) in [6.45, 7) is 20.3. The molecule has 0 aromatic heterocycles. The molecule has 0 heterocycles. The first-order valence-electron chi connectivity index (χ1n) is 18.1. The van der Waals surface area contributed by atoms with Crippen molar-refractivity contribution in [2.75, 3.05) is 0 Å². The number of rotatable bonds is 11. The lowest BCUT2D eigenvalue weighted by molar-refractivity contribution is 0.329. The van der Waals surface area contributed by atoms with Crippen molar-refractivity contribution in [1.82, 2.24) is 0 Å². The van der Waals surface area contributed by atoms with Gasteiger partial charge in [-0.05, 0) is 118 Å². The summed E-state index contributed by atoms with van der Waals surface area (Å²) < 4.78 is 29.7. The Balaban J connectivity index is 2.17. The number of hydrogen-bond acceptors (Lipinski definition) is 0. The fourth-order valence-corrected chi connectivity index (χ4v) is 8.55. The minimum absolute atomic E-state index is 0.0635. The smallest absolute Gasteiger partial charge is 0.123 e. The quantitative estimate of drug-likeness (QED) is 0.0972. The van der Waals surface area contributed by atoms with Crippen LogP contribution in [0.2, 0.25) is 0 Å². The van der Waals surface area contributed by atoms with E-state index in [0.29, 0.717) is 0 Å². The molecule has 258 valence electrons. The molecule has 0 N–H and O–H groups in total. The molecule has 0 fully saturated rings. The van der Waals surface area contributed by atoms with Crippen molar-refractivity contribution in [3.8, 4) is 12.3 Å². The zero-order chi connectivity index (χ0) is 36.4. The van der Waals surface area contributed by atoms with Gasteiger partial charge >= 0.3 is 0 Å². The molecule has 0 nitrogen and oxygen atoms in total. The summed E-state index contributed by atoms with van der Waals surface area (Å²) >= 11 is 0. The molecule has 1 unspecified atom stereocenters. The van der Waals surface area contributed by atoms with Gasteiger partial charge in [0.05, 0.1) is 5.41 Å². The highest BCUT2D eigenvalue weighted by Gasteiger charge is 2.52. The second kappa shape index (κ2) is 14.8. The molecule has 0 aliphatic carbocycles. The van der Waals surface area contributed by atoms with E-state index in [2.05, 4.69) is 129 Å². The standard InChI is InChI=1S/C48H52F2/c1-11-47(9,10)48(37-22-26-39(49)27-23-37,38-24-28-40(50)29-25-38)46-43(32(4)5)41(30-35-18-14-12-15-19-35)42(31(2)3)45(44(46)33(6)7)34(8)36-20-16-13-17-21-36/h1,12-29,31-34H,30H2,2-10H3. The number of terminal acetylenes is 1. The van der Waals surface area contributed by atoms with Crippen LogP contribution in [-0.2, 0) is 11.8 Å². The highest BCUT2D eigenvalue weighted by molar-refractivity contribution is 5.68. The Morgan fingerprint density at radius 2 is 1.00 bits per heavy atom. The molecular weight excluding hydrogens is 615 g/mol. The van der Waals surface area contributed by atoms with E-state index in [9.17, 15) is 8.78 Å². The van der Waals surface area contributed by atoms with Crippen LogP contribution in [0.15, 0.2) is 109 Å². The first-order valence-corrected chi connectivity index (χ1v) is 18.1. The van der Waals surface area contributed by atoms with Crippen molar-refractivity contribution >= 4 is 0 Å². The molecule has 0 aliphatic rings. The maximum absolute atomic E-state index is 14.8. The molecule has 0 saturated heterocycles. The normalized spacial score (nSPS) is 12.8. The lowest BCUT2D eigenvalue weighted by atomic mass is 9.51. The average molecular weight is 667 g/mol. The molecule has 2 heteroatoms. The monoisotopic (exact) mass is 666 g/mol. The van der Waals surface area contributed by atoms with Crippen LogP contribution >= 0.6 is 0 Å². The fraction of sp³-hybridized carbons (Fsp3) is 0.333. The maximum Gasteiger partial charge on any atom is 0.123 e. The van der Waals surface area contributed by atoms with Crippen molar-refractivity contribution in [2.24, 2.45) is 5.41 Å². The van der Waals surface area contributed by atoms with Crippen LogP contribution in [0.5, 0.6) is 0 Å². The second-order valence-electron chi connectivity index (χ2n) is 15.3. The van der Waals surface area contributed by atoms with Gasteiger partial charge in [0.1, 0.15) is 11.6 Å². The van der Waals surface area contributed by atoms with Crippen LogP contribution in [0.1, 0.15) is 142 Å². The van der Waals surface area contributed by atoms with Gasteiger partial charge in [0.2, 0.25) is 0 Å². The Bertz CT molecular complexity index is 1890. The SMILES string of the molecule is C#CC(C)(C)C(c1ccc(F)cc1)(c1ccc(F)cc1)c1c(C(C)C)c(Cc2ccccc2)c(C(C)C)c(C(C)c2ccccc2)c1C(C)C. The molecule has 0 amide bonds. The topological polar surface area (TPSA) is 0 Å². The van der Waals surface area contributed by atoms with Gasteiger partial charge in [-0.1, -0.05) is 139 Å². The van der Waals surface area contributed by atoms with Gasteiger partial charge in [-0.25, -0.2) is 8.78 Å². The summed E-state index contributed by atoms with van der Waals surface area (Å²) in [5.74, 6) is 3.11. The molecule has 5 rings (SSSR count). The number of halogens is 2. The number of hydrogen-bond donors (Lipinski definition) is 0. The number of benzene rings is 5. The van der Waals surface area contributed by atoms with E-state index in [4.69, 9.17) is 6.42 Å². The van der Waals surface area contributed by atoms with E-state index in [1.807, 2.05) is 24.3 Å². The third-order valence-corrected chi connectivity index (χ3v) is 10.7. The van der Waals surface area contributed by atoms with Crippen molar-refractivity contribution < 1.29 is 8.78 Å². The summed E-state index contributed by atoms with van der Waals surface area (Å²) in [6.07, 6.45) is 7.40. The largest absolute Gasteiger partial charge is 0.207 e. The summed E-state index contributed by atoms with van der Waals surface area (Å²) in [5.41, 5.74) is 10.2. The lowest BCUT2D eigenvalue weighted by Crippen LogP contribution is -2.46. The van der Waals surface area contributed by atoms with E-state index in [1.54, 1.807) is 0 Å². The van der Waals surface area contributed by atoms with Gasteiger partial charge in [0.15, 0.2) is 0 Å². The highest BCUT2D eigenvalue weighted by Crippen LogP contribution is 2.58.